The van der Waals surface area contributed by atoms with E-state index in [1.54, 1.807) is 0 Å². The normalized spacial score (nSPS) is 12.5. The van der Waals surface area contributed by atoms with Gasteiger partial charge >= 0.3 is 0 Å². The van der Waals surface area contributed by atoms with E-state index in [4.69, 9.17) is 5.73 Å². The van der Waals surface area contributed by atoms with Gasteiger partial charge in [0.15, 0.2) is 0 Å². The van der Waals surface area contributed by atoms with Gasteiger partial charge in [-0.05, 0) is 12.8 Å². The Bertz CT molecular complexity index is 376. The Hall–Kier alpha value is -1.32. The van der Waals surface area contributed by atoms with E-state index in [-0.39, 0.29) is 0 Å². The molecule has 0 saturated carbocycles. The second kappa shape index (κ2) is 5.84. The zero-order valence-electron chi connectivity index (χ0n) is 11.6. The highest BCUT2D eigenvalue weighted by Crippen LogP contribution is 2.21. The molecule has 0 bridgehead atoms. The molecule has 0 radical (unpaired) electrons. The first-order chi connectivity index (χ1) is 7.99. The molecule has 2 N–H and O–H groups in total. The lowest BCUT2D eigenvalue weighted by molar-refractivity contribution is 0.556. The van der Waals surface area contributed by atoms with E-state index >= 15 is 0 Å². The van der Waals surface area contributed by atoms with Crippen LogP contribution in [0.4, 0.5) is 11.6 Å². The van der Waals surface area contributed by atoms with Crippen molar-refractivity contribution >= 4 is 11.6 Å². The number of anilines is 2. The summed E-state index contributed by atoms with van der Waals surface area (Å²) in [5.41, 5.74) is 6.90. The maximum Gasteiger partial charge on any atom is 0.137 e. The molecule has 0 aliphatic heterocycles. The Morgan fingerprint density at radius 3 is 2.47 bits per heavy atom. The highest BCUT2D eigenvalue weighted by molar-refractivity contribution is 5.56. The number of rotatable bonds is 5. The molecule has 0 aromatic carbocycles. The number of hydrogen-bond donors (Lipinski definition) is 1. The molecule has 0 aliphatic carbocycles. The zero-order valence-corrected chi connectivity index (χ0v) is 11.6. The van der Waals surface area contributed by atoms with Gasteiger partial charge in [0.25, 0.3) is 0 Å². The predicted molar refractivity (Wildman–Crippen MR) is 73.3 cm³/mol. The first-order valence-electron chi connectivity index (χ1n) is 6.33. The second-order valence-corrected chi connectivity index (χ2v) is 4.72. The van der Waals surface area contributed by atoms with E-state index in [1.807, 2.05) is 13.8 Å². The van der Waals surface area contributed by atoms with Crippen LogP contribution in [0.15, 0.2) is 0 Å². The number of nitrogens with zero attached hydrogens (tertiary/aromatic N) is 3. The van der Waals surface area contributed by atoms with Crippen molar-refractivity contribution in [2.75, 3.05) is 24.2 Å². The molecular formula is C13H24N4. The molecule has 1 rings (SSSR count). The topological polar surface area (TPSA) is 55.0 Å². The molecule has 1 aromatic rings. The number of nitrogen functional groups attached to an aromatic ring is 1. The lowest BCUT2D eigenvalue weighted by Crippen LogP contribution is -2.26. The molecule has 4 heteroatoms. The summed E-state index contributed by atoms with van der Waals surface area (Å²) < 4.78 is 0. The molecule has 4 nitrogen and oxygen atoms in total. The zero-order chi connectivity index (χ0) is 13.0. The van der Waals surface area contributed by atoms with Gasteiger partial charge in [-0.25, -0.2) is 9.97 Å². The summed E-state index contributed by atoms with van der Waals surface area (Å²) in [5, 5.41) is 0. The predicted octanol–water partition coefficient (Wildman–Crippen LogP) is 2.41. The van der Waals surface area contributed by atoms with Gasteiger partial charge in [-0.2, -0.15) is 0 Å². The van der Waals surface area contributed by atoms with Crippen LogP contribution in [0.5, 0.6) is 0 Å². The van der Waals surface area contributed by atoms with Crippen LogP contribution in [-0.2, 0) is 6.42 Å². The average Bonchev–Trinajstić information content (AvgIpc) is 2.31. The summed E-state index contributed by atoms with van der Waals surface area (Å²) in [6.07, 6.45) is 1.99. The highest BCUT2D eigenvalue weighted by atomic mass is 15.2. The van der Waals surface area contributed by atoms with Gasteiger partial charge in [0.05, 0.1) is 0 Å². The van der Waals surface area contributed by atoms with E-state index < -0.39 is 0 Å². The summed E-state index contributed by atoms with van der Waals surface area (Å²) >= 11 is 0. The molecule has 0 saturated heterocycles. The molecule has 1 heterocycles. The van der Waals surface area contributed by atoms with Crippen molar-refractivity contribution in [2.24, 2.45) is 5.92 Å². The van der Waals surface area contributed by atoms with Crippen LogP contribution in [0, 0.1) is 12.8 Å². The van der Waals surface area contributed by atoms with Crippen molar-refractivity contribution in [3.05, 3.63) is 11.4 Å². The van der Waals surface area contributed by atoms with Crippen molar-refractivity contribution in [1.29, 1.82) is 0 Å². The molecule has 1 unspecified atom stereocenters. The van der Waals surface area contributed by atoms with E-state index in [0.717, 1.165) is 30.2 Å². The van der Waals surface area contributed by atoms with Crippen LogP contribution >= 0.6 is 0 Å². The van der Waals surface area contributed by atoms with Gasteiger partial charge in [0.2, 0.25) is 0 Å². The van der Waals surface area contributed by atoms with Gasteiger partial charge in [0.1, 0.15) is 17.5 Å². The first-order valence-corrected chi connectivity index (χ1v) is 6.33. The van der Waals surface area contributed by atoms with Crippen LogP contribution in [0.1, 0.15) is 38.6 Å². The fourth-order valence-electron chi connectivity index (χ4n) is 1.78. The van der Waals surface area contributed by atoms with E-state index in [0.29, 0.717) is 11.7 Å². The molecule has 17 heavy (non-hydrogen) atoms. The third-order valence-electron chi connectivity index (χ3n) is 3.16. The standard InChI is InChI=1S/C13H24N4/c1-6-9(3)8-17(5)13-10(4)12(14)15-11(7-2)16-13/h9H,6-8H2,1-5H3,(H2,14,15,16). The quantitative estimate of drug-likeness (QED) is 0.853. The molecule has 0 aliphatic rings. The van der Waals surface area contributed by atoms with E-state index in [2.05, 4.69) is 35.8 Å². The number of aromatic nitrogens is 2. The van der Waals surface area contributed by atoms with Gasteiger partial charge in [-0.3, -0.25) is 0 Å². The molecule has 0 fully saturated rings. The van der Waals surface area contributed by atoms with E-state index in [9.17, 15) is 0 Å². The third-order valence-corrected chi connectivity index (χ3v) is 3.16. The Labute approximate surface area is 104 Å². The van der Waals surface area contributed by atoms with Crippen LogP contribution in [0.3, 0.4) is 0 Å². The van der Waals surface area contributed by atoms with Crippen molar-refractivity contribution in [3.8, 4) is 0 Å². The van der Waals surface area contributed by atoms with Crippen LogP contribution in [-0.4, -0.2) is 23.6 Å². The molecular weight excluding hydrogens is 212 g/mol. The average molecular weight is 236 g/mol. The molecule has 1 aromatic heterocycles. The smallest absolute Gasteiger partial charge is 0.137 e. The fraction of sp³-hybridized carbons (Fsp3) is 0.692. The monoisotopic (exact) mass is 236 g/mol. The summed E-state index contributed by atoms with van der Waals surface area (Å²) in [6, 6.07) is 0. The number of aryl methyl sites for hydroxylation is 1. The van der Waals surface area contributed by atoms with Crippen LogP contribution in [0.2, 0.25) is 0 Å². The Morgan fingerprint density at radius 1 is 1.29 bits per heavy atom. The minimum atomic E-state index is 0.600. The van der Waals surface area contributed by atoms with Gasteiger partial charge < -0.3 is 10.6 Å². The fourth-order valence-corrected chi connectivity index (χ4v) is 1.78. The Balaban J connectivity index is 2.99. The molecule has 96 valence electrons. The number of hydrogen-bond acceptors (Lipinski definition) is 4. The number of nitrogens with two attached hydrogens (primary N) is 1. The molecule has 0 spiro atoms. The largest absolute Gasteiger partial charge is 0.383 e. The van der Waals surface area contributed by atoms with Crippen LogP contribution in [0.25, 0.3) is 0 Å². The second-order valence-electron chi connectivity index (χ2n) is 4.72. The minimum absolute atomic E-state index is 0.600. The molecule has 1 atom stereocenters. The van der Waals surface area contributed by atoms with Crippen LogP contribution < -0.4 is 10.6 Å². The summed E-state index contributed by atoms with van der Waals surface area (Å²) in [6.45, 7) is 9.48. The Morgan fingerprint density at radius 2 is 1.94 bits per heavy atom. The summed E-state index contributed by atoms with van der Waals surface area (Å²) in [5.74, 6) is 3.04. The van der Waals surface area contributed by atoms with Gasteiger partial charge in [-0.1, -0.05) is 27.2 Å². The van der Waals surface area contributed by atoms with Gasteiger partial charge in [0, 0.05) is 25.6 Å². The van der Waals surface area contributed by atoms with Crippen molar-refractivity contribution in [2.45, 2.75) is 40.5 Å². The van der Waals surface area contributed by atoms with Crippen molar-refractivity contribution in [3.63, 3.8) is 0 Å². The maximum absolute atomic E-state index is 5.92. The highest BCUT2D eigenvalue weighted by Gasteiger charge is 2.13. The minimum Gasteiger partial charge on any atom is -0.383 e. The van der Waals surface area contributed by atoms with Crippen molar-refractivity contribution in [1.82, 2.24) is 9.97 Å². The Kier molecular flexibility index (Phi) is 4.73. The first kappa shape index (κ1) is 13.7. The lowest BCUT2D eigenvalue weighted by atomic mass is 10.1. The maximum atomic E-state index is 5.92. The van der Waals surface area contributed by atoms with Gasteiger partial charge in [-0.15, -0.1) is 0 Å². The lowest BCUT2D eigenvalue weighted by Gasteiger charge is -2.24. The third kappa shape index (κ3) is 3.32. The molecule has 0 amide bonds. The summed E-state index contributed by atoms with van der Waals surface area (Å²) in [4.78, 5) is 11.0. The summed E-state index contributed by atoms with van der Waals surface area (Å²) in [7, 11) is 2.07. The van der Waals surface area contributed by atoms with Crippen molar-refractivity contribution < 1.29 is 0 Å². The van der Waals surface area contributed by atoms with E-state index in [1.165, 1.54) is 6.42 Å². The SMILES string of the molecule is CCc1nc(N)c(C)c(N(C)CC(C)CC)n1.